The summed E-state index contributed by atoms with van der Waals surface area (Å²) in [5.41, 5.74) is 6.62. The highest BCUT2D eigenvalue weighted by Crippen LogP contribution is 2.35. The molecule has 4 rings (SSSR count). The van der Waals surface area contributed by atoms with E-state index in [2.05, 4.69) is 30.3 Å². The molecular formula is C26H37N7O3S. The van der Waals surface area contributed by atoms with E-state index in [0.29, 0.717) is 35.7 Å². The lowest BCUT2D eigenvalue weighted by Gasteiger charge is -2.31. The lowest BCUT2D eigenvalue weighted by molar-refractivity contribution is 0.240. The molecule has 11 heteroatoms. The van der Waals surface area contributed by atoms with Crippen molar-refractivity contribution in [3.63, 3.8) is 0 Å². The number of anilines is 2. The fourth-order valence-electron chi connectivity index (χ4n) is 4.81. The summed E-state index contributed by atoms with van der Waals surface area (Å²) in [6, 6.07) is 12.6. The minimum absolute atomic E-state index is 0.0335. The Kier molecular flexibility index (Phi) is 8.91. The molecule has 37 heavy (non-hydrogen) atoms. The average molecular weight is 528 g/mol. The van der Waals surface area contributed by atoms with Crippen LogP contribution in [0.5, 0.6) is 0 Å². The van der Waals surface area contributed by atoms with Gasteiger partial charge in [0, 0.05) is 24.5 Å². The summed E-state index contributed by atoms with van der Waals surface area (Å²) in [4.78, 5) is 13.7. The molecule has 6 N–H and O–H groups in total. The Labute approximate surface area is 218 Å². The summed E-state index contributed by atoms with van der Waals surface area (Å²) in [6.07, 6.45) is 3.46. The van der Waals surface area contributed by atoms with Crippen LogP contribution in [0.15, 0.2) is 47.4 Å². The second kappa shape index (κ2) is 12.1. The third-order valence-electron chi connectivity index (χ3n) is 6.76. The molecule has 1 aliphatic carbocycles. The van der Waals surface area contributed by atoms with Gasteiger partial charge in [-0.1, -0.05) is 36.4 Å². The number of nitrogens with one attached hydrogen (secondary N) is 3. The molecule has 10 nitrogen and oxygen atoms in total. The molecule has 1 fully saturated rings. The van der Waals surface area contributed by atoms with Gasteiger partial charge in [0.15, 0.2) is 5.82 Å². The number of nitrogens with zero attached hydrogens (tertiary/aromatic N) is 3. The zero-order valence-electron chi connectivity index (χ0n) is 21.4. The van der Waals surface area contributed by atoms with Gasteiger partial charge in [0.25, 0.3) is 0 Å². The second-order valence-electron chi connectivity index (χ2n) is 9.93. The van der Waals surface area contributed by atoms with Crippen molar-refractivity contribution in [2.75, 3.05) is 30.3 Å². The summed E-state index contributed by atoms with van der Waals surface area (Å²) in [7, 11) is -3.62. The van der Waals surface area contributed by atoms with Crippen LogP contribution in [0, 0.1) is 11.8 Å². The van der Waals surface area contributed by atoms with Crippen molar-refractivity contribution in [2.45, 2.75) is 56.5 Å². The molecule has 0 bridgehead atoms. The Bertz CT molecular complexity index is 1290. The third kappa shape index (κ3) is 6.92. The van der Waals surface area contributed by atoms with E-state index in [-0.39, 0.29) is 30.5 Å². The van der Waals surface area contributed by atoms with Gasteiger partial charge in [-0.2, -0.15) is 15.0 Å². The fraction of sp³-hybridized carbons (Fsp3) is 0.500. The monoisotopic (exact) mass is 527 g/mol. The number of hydrogen-bond acceptors (Lipinski definition) is 9. The Balaban J connectivity index is 1.37. The molecule has 0 radical (unpaired) electrons. The molecule has 1 aliphatic rings. The highest BCUT2D eigenvalue weighted by molar-refractivity contribution is 7.89. The normalized spacial score (nSPS) is 19.2. The standard InChI is InChI=1S/C26H37N7O3S/c1-17(2)30-26-32-24(31-25(33-26)28-14-15-34)23(27)20-12-10-18(11-13-20)16-29-37(35,36)22-9-5-7-19-6-3-4-8-21(19)22/h3-9,17-18,20,23,29,34H,10-16,27H2,1-2H3,(H2,28,30,31,32,33). The zero-order valence-corrected chi connectivity index (χ0v) is 22.2. The van der Waals surface area contributed by atoms with Crippen molar-refractivity contribution < 1.29 is 13.5 Å². The van der Waals surface area contributed by atoms with Gasteiger partial charge < -0.3 is 21.5 Å². The van der Waals surface area contributed by atoms with Crippen LogP contribution in [0.25, 0.3) is 10.8 Å². The SMILES string of the molecule is CC(C)Nc1nc(NCCO)nc(C(N)C2CCC(CNS(=O)(=O)c3cccc4ccccc34)CC2)n1. The Morgan fingerprint density at radius 2 is 1.70 bits per heavy atom. The summed E-state index contributed by atoms with van der Waals surface area (Å²) in [5.74, 6) is 1.78. The average Bonchev–Trinajstić information content (AvgIpc) is 2.90. The highest BCUT2D eigenvalue weighted by Gasteiger charge is 2.30. The quantitative estimate of drug-likeness (QED) is 0.253. The maximum atomic E-state index is 13.1. The van der Waals surface area contributed by atoms with Crippen molar-refractivity contribution in [3.05, 3.63) is 48.3 Å². The number of fused-ring (bicyclic) bond motifs is 1. The molecular weight excluding hydrogens is 490 g/mol. The first-order valence-corrected chi connectivity index (χ1v) is 14.4. The topological polar surface area (TPSA) is 155 Å². The molecule has 0 aliphatic heterocycles. The van der Waals surface area contributed by atoms with Crippen LogP contribution in [-0.2, 0) is 10.0 Å². The van der Waals surface area contributed by atoms with Gasteiger partial charge in [-0.3, -0.25) is 0 Å². The lowest BCUT2D eigenvalue weighted by atomic mass is 9.78. The summed E-state index contributed by atoms with van der Waals surface area (Å²) >= 11 is 0. The molecule has 1 saturated carbocycles. The van der Waals surface area contributed by atoms with Gasteiger partial charge in [0.05, 0.1) is 17.5 Å². The summed E-state index contributed by atoms with van der Waals surface area (Å²) < 4.78 is 29.0. The molecule has 2 aromatic carbocycles. The molecule has 0 spiro atoms. The van der Waals surface area contributed by atoms with Crippen LogP contribution in [-0.4, -0.2) is 54.2 Å². The first kappa shape index (κ1) is 27.2. The Morgan fingerprint density at radius 3 is 2.43 bits per heavy atom. The van der Waals surface area contributed by atoms with Gasteiger partial charge in [0.2, 0.25) is 21.9 Å². The molecule has 1 unspecified atom stereocenters. The van der Waals surface area contributed by atoms with Crippen LogP contribution < -0.4 is 21.1 Å². The van der Waals surface area contributed by atoms with E-state index in [1.54, 1.807) is 12.1 Å². The van der Waals surface area contributed by atoms with E-state index in [1.165, 1.54) is 0 Å². The fourth-order valence-corrected chi connectivity index (χ4v) is 6.15. The molecule has 200 valence electrons. The van der Waals surface area contributed by atoms with Gasteiger partial charge >= 0.3 is 0 Å². The number of rotatable bonds is 11. The Morgan fingerprint density at radius 1 is 1.00 bits per heavy atom. The van der Waals surface area contributed by atoms with Gasteiger partial charge in [0.1, 0.15) is 0 Å². The highest BCUT2D eigenvalue weighted by atomic mass is 32.2. The number of aliphatic hydroxyl groups excluding tert-OH is 1. The van der Waals surface area contributed by atoms with Gasteiger partial charge in [-0.25, -0.2) is 13.1 Å². The number of hydrogen-bond donors (Lipinski definition) is 5. The van der Waals surface area contributed by atoms with E-state index in [4.69, 9.17) is 10.8 Å². The lowest BCUT2D eigenvalue weighted by Crippen LogP contribution is -2.34. The minimum atomic E-state index is -3.62. The van der Waals surface area contributed by atoms with Crippen molar-refractivity contribution in [2.24, 2.45) is 17.6 Å². The predicted molar refractivity (Wildman–Crippen MR) is 146 cm³/mol. The van der Waals surface area contributed by atoms with Crippen LogP contribution >= 0.6 is 0 Å². The largest absolute Gasteiger partial charge is 0.395 e. The van der Waals surface area contributed by atoms with Crippen molar-refractivity contribution in [1.82, 2.24) is 19.7 Å². The molecule has 1 heterocycles. The number of sulfonamides is 1. The zero-order chi connectivity index (χ0) is 26.4. The molecule has 1 atom stereocenters. The number of aromatic nitrogens is 3. The summed E-state index contributed by atoms with van der Waals surface area (Å²) in [5, 5.41) is 17.0. The van der Waals surface area contributed by atoms with Crippen molar-refractivity contribution >= 4 is 32.7 Å². The predicted octanol–water partition coefficient (Wildman–Crippen LogP) is 3.03. The second-order valence-corrected chi connectivity index (χ2v) is 11.7. The van der Waals surface area contributed by atoms with E-state index in [1.807, 2.05) is 44.2 Å². The molecule has 3 aromatic rings. The number of benzene rings is 2. The Hall–Kier alpha value is -2.86. The molecule has 0 saturated heterocycles. The third-order valence-corrected chi connectivity index (χ3v) is 8.25. The van der Waals surface area contributed by atoms with Crippen LogP contribution in [0.2, 0.25) is 0 Å². The van der Waals surface area contributed by atoms with Crippen molar-refractivity contribution in [1.29, 1.82) is 0 Å². The van der Waals surface area contributed by atoms with E-state index >= 15 is 0 Å². The smallest absolute Gasteiger partial charge is 0.241 e. The number of nitrogens with two attached hydrogens (primary N) is 1. The first-order valence-electron chi connectivity index (χ1n) is 12.9. The van der Waals surface area contributed by atoms with Gasteiger partial charge in [-0.05, 0) is 62.8 Å². The van der Waals surface area contributed by atoms with E-state index in [0.717, 1.165) is 36.5 Å². The van der Waals surface area contributed by atoms with Crippen LogP contribution in [0.4, 0.5) is 11.9 Å². The minimum Gasteiger partial charge on any atom is -0.395 e. The maximum Gasteiger partial charge on any atom is 0.241 e. The first-order chi connectivity index (χ1) is 17.8. The van der Waals surface area contributed by atoms with E-state index in [9.17, 15) is 8.42 Å². The molecule has 0 amide bonds. The summed E-state index contributed by atoms with van der Waals surface area (Å²) in [6.45, 7) is 4.70. The molecule has 1 aromatic heterocycles. The van der Waals surface area contributed by atoms with Gasteiger partial charge in [-0.15, -0.1) is 0 Å². The van der Waals surface area contributed by atoms with Crippen LogP contribution in [0.1, 0.15) is 51.4 Å². The van der Waals surface area contributed by atoms with Crippen LogP contribution in [0.3, 0.4) is 0 Å². The maximum absolute atomic E-state index is 13.1. The van der Waals surface area contributed by atoms with E-state index < -0.39 is 10.0 Å². The van der Waals surface area contributed by atoms with Crippen molar-refractivity contribution in [3.8, 4) is 0 Å². The number of aliphatic hydroxyl groups is 1.